The monoisotopic (exact) mass is 382 g/mol. The maximum atomic E-state index is 12.2. The Labute approximate surface area is 155 Å². The van der Waals surface area contributed by atoms with Crippen LogP contribution in [0.15, 0.2) is 18.3 Å². The third-order valence-electron chi connectivity index (χ3n) is 4.03. The molecule has 1 aromatic heterocycles. The third kappa shape index (κ3) is 4.10. The van der Waals surface area contributed by atoms with E-state index in [0.29, 0.717) is 6.42 Å². The lowest BCUT2D eigenvalue weighted by Crippen LogP contribution is -2.44. The average Bonchev–Trinajstić information content (AvgIpc) is 2.80. The molecule has 9 nitrogen and oxygen atoms in total. The van der Waals surface area contributed by atoms with Gasteiger partial charge < -0.3 is 15.4 Å². The number of amides is 4. The lowest BCUT2D eigenvalue weighted by molar-refractivity contribution is -0.155. The van der Waals surface area contributed by atoms with E-state index in [1.54, 1.807) is 26.0 Å². The molecule has 1 aromatic rings. The Morgan fingerprint density at radius 2 is 2.15 bits per heavy atom. The molecular weight excluding hydrogens is 364 g/mol. The number of anilines is 1. The van der Waals surface area contributed by atoms with E-state index in [4.69, 9.17) is 16.3 Å². The molecule has 0 radical (unpaired) electrons. The first-order valence-electron chi connectivity index (χ1n) is 7.93. The normalized spacial score (nSPS) is 20.5. The summed E-state index contributed by atoms with van der Waals surface area (Å²) in [4.78, 5) is 52.8. The fraction of sp³-hybridized carbons (Fsp3) is 0.438. The molecule has 1 fully saturated rings. The van der Waals surface area contributed by atoms with E-state index >= 15 is 0 Å². The molecule has 0 aliphatic carbocycles. The van der Waals surface area contributed by atoms with Crippen LogP contribution in [0, 0.1) is 0 Å². The van der Waals surface area contributed by atoms with Crippen LogP contribution in [0.1, 0.15) is 27.2 Å². The molecule has 2 heterocycles. The van der Waals surface area contributed by atoms with Crippen LogP contribution in [-0.4, -0.2) is 51.9 Å². The van der Waals surface area contributed by atoms with Crippen LogP contribution in [0.25, 0.3) is 0 Å². The highest BCUT2D eigenvalue weighted by atomic mass is 35.5. The summed E-state index contributed by atoms with van der Waals surface area (Å²) in [6.07, 6.45) is 0.689. The number of nitrogens with one attached hydrogen (secondary N) is 2. The van der Waals surface area contributed by atoms with Gasteiger partial charge in [-0.2, -0.15) is 0 Å². The summed E-state index contributed by atoms with van der Waals surface area (Å²) in [7, 11) is 0. The molecule has 0 unspecified atom stereocenters. The van der Waals surface area contributed by atoms with Crippen LogP contribution in [0.4, 0.5) is 10.5 Å². The zero-order valence-electron chi connectivity index (χ0n) is 14.5. The van der Waals surface area contributed by atoms with Crippen molar-refractivity contribution in [2.75, 3.05) is 11.9 Å². The van der Waals surface area contributed by atoms with Gasteiger partial charge in [0.15, 0.2) is 11.3 Å². The van der Waals surface area contributed by atoms with Crippen molar-refractivity contribution in [3.8, 4) is 0 Å². The molecular formula is C16H19ClN4O5. The van der Waals surface area contributed by atoms with Crippen molar-refractivity contribution < 1.29 is 23.9 Å². The molecule has 2 rings (SSSR count). The van der Waals surface area contributed by atoms with Gasteiger partial charge >= 0.3 is 12.0 Å². The van der Waals surface area contributed by atoms with Crippen molar-refractivity contribution in [2.45, 2.75) is 38.8 Å². The van der Waals surface area contributed by atoms with Crippen molar-refractivity contribution in [3.05, 3.63) is 23.5 Å². The first-order chi connectivity index (χ1) is 12.2. The molecule has 0 saturated carbocycles. The standard InChI is InChI=1S/C16H19ClN4O5/c1-4-16(3)14(24)21(15(25)20-16)8-11(22)26-9(2)13(23)19-10-6-5-7-18-12(10)17/h5-7,9H,4,8H2,1-3H3,(H,19,23)(H,20,25)/t9-,16-/m1/s1. The Bertz CT molecular complexity index is 756. The van der Waals surface area contributed by atoms with E-state index in [1.807, 2.05) is 0 Å². The summed E-state index contributed by atoms with van der Waals surface area (Å²) in [6, 6.07) is 2.46. The smallest absolute Gasteiger partial charge is 0.327 e. The van der Waals surface area contributed by atoms with Crippen LogP contribution in [-0.2, 0) is 19.1 Å². The first kappa shape index (κ1) is 19.6. The quantitative estimate of drug-likeness (QED) is 0.435. The van der Waals surface area contributed by atoms with Crippen LogP contribution in [0.2, 0.25) is 5.15 Å². The van der Waals surface area contributed by atoms with Crippen LogP contribution >= 0.6 is 11.6 Å². The highest BCUT2D eigenvalue weighted by Gasteiger charge is 2.47. The van der Waals surface area contributed by atoms with Crippen molar-refractivity contribution in [1.29, 1.82) is 0 Å². The molecule has 2 atom stereocenters. The molecule has 4 amide bonds. The summed E-state index contributed by atoms with van der Waals surface area (Å²) in [5, 5.41) is 5.10. The summed E-state index contributed by atoms with van der Waals surface area (Å²) in [5.74, 6) is -2.01. The Morgan fingerprint density at radius 1 is 1.46 bits per heavy atom. The number of pyridine rings is 1. The number of nitrogens with zero attached hydrogens (tertiary/aromatic N) is 2. The summed E-state index contributed by atoms with van der Waals surface area (Å²) in [6.45, 7) is 4.10. The van der Waals surface area contributed by atoms with Gasteiger partial charge in [-0.15, -0.1) is 0 Å². The van der Waals surface area contributed by atoms with E-state index in [9.17, 15) is 19.2 Å². The second-order valence-corrected chi connectivity index (χ2v) is 6.33. The molecule has 0 aromatic carbocycles. The Hall–Kier alpha value is -2.68. The van der Waals surface area contributed by atoms with Crippen molar-refractivity contribution >= 4 is 41.1 Å². The zero-order chi connectivity index (χ0) is 19.5. The topological polar surface area (TPSA) is 118 Å². The Morgan fingerprint density at radius 3 is 2.73 bits per heavy atom. The minimum Gasteiger partial charge on any atom is -0.451 e. The second-order valence-electron chi connectivity index (χ2n) is 5.97. The molecule has 1 saturated heterocycles. The van der Waals surface area contributed by atoms with Crippen LogP contribution in [0.3, 0.4) is 0 Å². The largest absolute Gasteiger partial charge is 0.451 e. The average molecular weight is 383 g/mol. The van der Waals surface area contributed by atoms with E-state index in [-0.39, 0.29) is 10.8 Å². The van der Waals surface area contributed by atoms with E-state index in [1.165, 1.54) is 13.1 Å². The van der Waals surface area contributed by atoms with E-state index in [0.717, 1.165) is 4.90 Å². The van der Waals surface area contributed by atoms with E-state index < -0.39 is 42.0 Å². The third-order valence-corrected chi connectivity index (χ3v) is 4.34. The molecule has 26 heavy (non-hydrogen) atoms. The van der Waals surface area contributed by atoms with Gasteiger partial charge in [0.05, 0.1) is 5.69 Å². The van der Waals surface area contributed by atoms with Gasteiger partial charge in [-0.3, -0.25) is 19.3 Å². The molecule has 0 spiro atoms. The number of rotatable bonds is 6. The number of hydrogen-bond acceptors (Lipinski definition) is 6. The number of imide groups is 1. The number of halogens is 1. The van der Waals surface area contributed by atoms with Crippen LogP contribution in [0.5, 0.6) is 0 Å². The number of esters is 1. The van der Waals surface area contributed by atoms with Crippen LogP contribution < -0.4 is 10.6 Å². The fourth-order valence-corrected chi connectivity index (χ4v) is 2.43. The Kier molecular flexibility index (Phi) is 5.81. The molecule has 1 aliphatic heterocycles. The van der Waals surface area contributed by atoms with Gasteiger partial charge in [0.1, 0.15) is 12.1 Å². The van der Waals surface area contributed by atoms with Gasteiger partial charge in [-0.25, -0.2) is 9.78 Å². The molecule has 1 aliphatic rings. The van der Waals surface area contributed by atoms with E-state index in [2.05, 4.69) is 15.6 Å². The highest BCUT2D eigenvalue weighted by Crippen LogP contribution is 2.21. The zero-order valence-corrected chi connectivity index (χ0v) is 15.3. The van der Waals surface area contributed by atoms with Gasteiger partial charge in [-0.1, -0.05) is 18.5 Å². The number of carbonyl (C=O) groups excluding carboxylic acids is 4. The molecule has 10 heteroatoms. The first-order valence-corrected chi connectivity index (χ1v) is 8.30. The highest BCUT2D eigenvalue weighted by molar-refractivity contribution is 6.32. The minimum absolute atomic E-state index is 0.0950. The lowest BCUT2D eigenvalue weighted by Gasteiger charge is -2.19. The predicted molar refractivity (Wildman–Crippen MR) is 92.4 cm³/mol. The number of ether oxygens (including phenoxy) is 1. The Balaban J connectivity index is 1.93. The molecule has 2 N–H and O–H groups in total. The fourth-order valence-electron chi connectivity index (χ4n) is 2.26. The summed E-state index contributed by atoms with van der Waals surface area (Å²) < 4.78 is 5.00. The number of urea groups is 1. The van der Waals surface area contributed by atoms with Gasteiger partial charge in [-0.05, 0) is 32.4 Å². The van der Waals surface area contributed by atoms with Gasteiger partial charge in [0.25, 0.3) is 11.8 Å². The number of aromatic nitrogens is 1. The lowest BCUT2D eigenvalue weighted by atomic mass is 9.99. The van der Waals surface area contributed by atoms with Crippen molar-refractivity contribution in [1.82, 2.24) is 15.2 Å². The minimum atomic E-state index is -1.16. The van der Waals surface area contributed by atoms with Gasteiger partial charge in [0.2, 0.25) is 0 Å². The number of hydrogen-bond donors (Lipinski definition) is 2. The van der Waals surface area contributed by atoms with Gasteiger partial charge in [0, 0.05) is 6.20 Å². The summed E-state index contributed by atoms with van der Waals surface area (Å²) >= 11 is 5.84. The predicted octanol–water partition coefficient (Wildman–Crippen LogP) is 1.33. The molecule has 0 bridgehead atoms. The van der Waals surface area contributed by atoms with Crippen molar-refractivity contribution in [3.63, 3.8) is 0 Å². The second kappa shape index (κ2) is 7.69. The van der Waals surface area contributed by atoms with Crippen molar-refractivity contribution in [2.24, 2.45) is 0 Å². The number of carbonyl (C=O) groups is 4. The molecule has 140 valence electrons. The maximum absolute atomic E-state index is 12.2. The summed E-state index contributed by atoms with van der Waals surface area (Å²) in [5.41, 5.74) is -0.771. The maximum Gasteiger partial charge on any atom is 0.327 e. The SMILES string of the molecule is CC[C@@]1(C)NC(=O)N(CC(=O)O[C@H](C)C(=O)Nc2cccnc2Cl)C1=O.